The third-order valence-electron chi connectivity index (χ3n) is 2.62. The zero-order valence-corrected chi connectivity index (χ0v) is 11.6. The summed E-state index contributed by atoms with van der Waals surface area (Å²) >= 11 is 7.31. The van der Waals surface area contributed by atoms with E-state index in [1.54, 1.807) is 0 Å². The van der Waals surface area contributed by atoms with Gasteiger partial charge in [-0.25, -0.2) is 0 Å². The molecule has 2 aromatic heterocycles. The SMILES string of the molecule is O=[N+]([O-])c1ccc2oc(NCc3ccc(Cl)s3)nc2c1. The van der Waals surface area contributed by atoms with Gasteiger partial charge in [0.1, 0.15) is 5.52 Å². The van der Waals surface area contributed by atoms with Gasteiger partial charge in [-0.3, -0.25) is 10.1 Å². The van der Waals surface area contributed by atoms with Crippen LogP contribution in [0.15, 0.2) is 34.7 Å². The molecule has 102 valence electrons. The average molecular weight is 310 g/mol. The highest BCUT2D eigenvalue weighted by Crippen LogP contribution is 2.25. The highest BCUT2D eigenvalue weighted by molar-refractivity contribution is 7.16. The van der Waals surface area contributed by atoms with Crippen molar-refractivity contribution in [2.24, 2.45) is 0 Å². The molecule has 3 aromatic rings. The Hall–Kier alpha value is -2.12. The quantitative estimate of drug-likeness (QED) is 0.580. The molecule has 0 aliphatic carbocycles. The number of hydrogen-bond acceptors (Lipinski definition) is 6. The van der Waals surface area contributed by atoms with Crippen LogP contribution in [0.4, 0.5) is 11.7 Å². The van der Waals surface area contributed by atoms with Crippen molar-refractivity contribution in [3.8, 4) is 0 Å². The molecule has 0 unspecified atom stereocenters. The Labute approximate surface area is 122 Å². The van der Waals surface area contributed by atoms with Crippen LogP contribution in [-0.4, -0.2) is 9.91 Å². The third kappa shape index (κ3) is 2.59. The van der Waals surface area contributed by atoms with Gasteiger partial charge in [0.2, 0.25) is 0 Å². The van der Waals surface area contributed by atoms with Gasteiger partial charge in [-0.05, 0) is 18.2 Å². The number of fused-ring (bicyclic) bond motifs is 1. The molecule has 0 atom stereocenters. The highest BCUT2D eigenvalue weighted by atomic mass is 35.5. The van der Waals surface area contributed by atoms with Gasteiger partial charge in [0.15, 0.2) is 5.58 Å². The number of oxazole rings is 1. The van der Waals surface area contributed by atoms with Crippen molar-refractivity contribution in [1.82, 2.24) is 4.98 Å². The maximum atomic E-state index is 10.7. The molecule has 0 spiro atoms. The van der Waals surface area contributed by atoms with E-state index in [2.05, 4.69) is 10.3 Å². The summed E-state index contributed by atoms with van der Waals surface area (Å²) in [5.74, 6) is 0. The van der Waals surface area contributed by atoms with Crippen LogP contribution < -0.4 is 5.32 Å². The number of anilines is 1. The molecule has 2 heterocycles. The first-order valence-electron chi connectivity index (χ1n) is 5.65. The Balaban J connectivity index is 1.80. The van der Waals surface area contributed by atoms with Gasteiger partial charge in [0, 0.05) is 17.0 Å². The Morgan fingerprint density at radius 2 is 2.25 bits per heavy atom. The first-order chi connectivity index (χ1) is 9.61. The maximum absolute atomic E-state index is 10.7. The summed E-state index contributed by atoms with van der Waals surface area (Å²) in [5, 5.41) is 13.7. The largest absolute Gasteiger partial charge is 0.424 e. The highest BCUT2D eigenvalue weighted by Gasteiger charge is 2.11. The van der Waals surface area contributed by atoms with E-state index >= 15 is 0 Å². The second kappa shape index (κ2) is 5.10. The van der Waals surface area contributed by atoms with Gasteiger partial charge in [-0.15, -0.1) is 11.3 Å². The molecule has 1 aromatic carbocycles. The lowest BCUT2D eigenvalue weighted by atomic mass is 10.3. The minimum Gasteiger partial charge on any atom is -0.424 e. The predicted octanol–water partition coefficient (Wildman–Crippen LogP) is 4.06. The van der Waals surface area contributed by atoms with Gasteiger partial charge in [0.25, 0.3) is 11.7 Å². The number of nitro benzene ring substituents is 1. The number of non-ortho nitro benzene ring substituents is 1. The van der Waals surface area contributed by atoms with E-state index < -0.39 is 4.92 Å². The van der Waals surface area contributed by atoms with Gasteiger partial charge in [0.05, 0.1) is 15.8 Å². The van der Waals surface area contributed by atoms with Crippen LogP contribution in [-0.2, 0) is 6.54 Å². The number of nitro groups is 1. The molecule has 6 nitrogen and oxygen atoms in total. The summed E-state index contributed by atoms with van der Waals surface area (Å²) < 4.78 is 6.18. The van der Waals surface area contributed by atoms with Crippen molar-refractivity contribution in [2.75, 3.05) is 5.32 Å². The zero-order valence-electron chi connectivity index (χ0n) is 10.00. The molecule has 0 bridgehead atoms. The van der Waals surface area contributed by atoms with E-state index in [0.717, 1.165) is 9.21 Å². The molecule has 0 radical (unpaired) electrons. The fourth-order valence-corrected chi connectivity index (χ4v) is 2.74. The molecule has 20 heavy (non-hydrogen) atoms. The third-order valence-corrected chi connectivity index (χ3v) is 3.86. The van der Waals surface area contributed by atoms with Gasteiger partial charge in [-0.2, -0.15) is 4.98 Å². The van der Waals surface area contributed by atoms with Crippen LogP contribution in [0.3, 0.4) is 0 Å². The first-order valence-corrected chi connectivity index (χ1v) is 6.84. The molecule has 0 saturated carbocycles. The smallest absolute Gasteiger partial charge is 0.295 e. The lowest BCUT2D eigenvalue weighted by Crippen LogP contribution is -1.96. The van der Waals surface area contributed by atoms with Crippen LogP contribution in [0.5, 0.6) is 0 Å². The Bertz CT molecular complexity index is 783. The van der Waals surface area contributed by atoms with Crippen LogP contribution in [0.25, 0.3) is 11.1 Å². The molecule has 8 heteroatoms. The fourth-order valence-electron chi connectivity index (χ4n) is 1.71. The second-order valence-electron chi connectivity index (χ2n) is 3.99. The zero-order chi connectivity index (χ0) is 14.1. The summed E-state index contributed by atoms with van der Waals surface area (Å²) in [5.41, 5.74) is 0.940. The van der Waals surface area contributed by atoms with E-state index in [4.69, 9.17) is 16.0 Å². The van der Waals surface area contributed by atoms with Crippen molar-refractivity contribution >= 4 is 45.7 Å². The number of halogens is 1. The molecule has 1 N–H and O–H groups in total. The molecule has 0 saturated heterocycles. The van der Waals surface area contributed by atoms with Crippen molar-refractivity contribution in [1.29, 1.82) is 0 Å². The lowest BCUT2D eigenvalue weighted by molar-refractivity contribution is -0.384. The van der Waals surface area contributed by atoms with E-state index in [-0.39, 0.29) is 5.69 Å². The summed E-state index contributed by atoms with van der Waals surface area (Å²) in [4.78, 5) is 15.4. The summed E-state index contributed by atoms with van der Waals surface area (Å²) in [6.45, 7) is 0.534. The van der Waals surface area contributed by atoms with Crippen LogP contribution in [0.2, 0.25) is 4.34 Å². The number of nitrogens with zero attached hydrogens (tertiary/aromatic N) is 2. The molecule has 0 aliphatic rings. The van der Waals surface area contributed by atoms with E-state index in [1.165, 1.54) is 29.5 Å². The first kappa shape index (κ1) is 12.9. The molecular weight excluding hydrogens is 302 g/mol. The summed E-state index contributed by atoms with van der Waals surface area (Å²) in [7, 11) is 0. The molecule has 0 amide bonds. The van der Waals surface area contributed by atoms with Crippen molar-refractivity contribution in [3.63, 3.8) is 0 Å². The molecule has 0 fully saturated rings. The Morgan fingerprint density at radius 1 is 1.40 bits per heavy atom. The molecule has 0 aliphatic heterocycles. The van der Waals surface area contributed by atoms with Gasteiger partial charge >= 0.3 is 0 Å². The number of aromatic nitrogens is 1. The number of nitrogens with one attached hydrogen (secondary N) is 1. The Kier molecular flexibility index (Phi) is 3.29. The topological polar surface area (TPSA) is 81.2 Å². The van der Waals surface area contributed by atoms with Gasteiger partial charge in [-0.1, -0.05) is 11.6 Å². The monoisotopic (exact) mass is 309 g/mol. The van der Waals surface area contributed by atoms with Crippen molar-refractivity contribution < 1.29 is 9.34 Å². The second-order valence-corrected chi connectivity index (χ2v) is 5.79. The number of thiophene rings is 1. The molecule has 3 rings (SSSR count). The van der Waals surface area contributed by atoms with Crippen LogP contribution in [0.1, 0.15) is 4.88 Å². The number of hydrogen-bond donors (Lipinski definition) is 1. The average Bonchev–Trinajstić information content (AvgIpc) is 3.00. The lowest BCUT2D eigenvalue weighted by Gasteiger charge is -1.97. The van der Waals surface area contributed by atoms with E-state index in [1.807, 2.05) is 12.1 Å². The number of benzene rings is 1. The number of rotatable bonds is 4. The summed E-state index contributed by atoms with van der Waals surface area (Å²) in [6.07, 6.45) is 0. The Morgan fingerprint density at radius 3 is 2.95 bits per heavy atom. The minimum atomic E-state index is -0.463. The van der Waals surface area contributed by atoms with Crippen LogP contribution in [0, 0.1) is 10.1 Å². The van der Waals surface area contributed by atoms with Crippen molar-refractivity contribution in [2.45, 2.75) is 6.54 Å². The van der Waals surface area contributed by atoms with E-state index in [0.29, 0.717) is 23.7 Å². The predicted molar refractivity (Wildman–Crippen MR) is 77.3 cm³/mol. The summed E-state index contributed by atoms with van der Waals surface area (Å²) in [6, 6.07) is 8.35. The van der Waals surface area contributed by atoms with Crippen molar-refractivity contribution in [3.05, 3.63) is 49.7 Å². The minimum absolute atomic E-state index is 0.0117. The van der Waals surface area contributed by atoms with Gasteiger partial charge < -0.3 is 9.73 Å². The normalized spacial score (nSPS) is 10.8. The van der Waals surface area contributed by atoms with Crippen LogP contribution >= 0.6 is 22.9 Å². The van der Waals surface area contributed by atoms with E-state index in [9.17, 15) is 10.1 Å². The molecular formula is C12H8ClN3O3S. The standard InChI is InChI=1S/C12H8ClN3O3S/c13-11-4-2-8(20-11)6-14-12-15-9-5-7(16(17)18)1-3-10(9)19-12/h1-5H,6H2,(H,14,15). The maximum Gasteiger partial charge on any atom is 0.295 e. The fraction of sp³-hybridized carbons (Fsp3) is 0.0833.